The van der Waals surface area contributed by atoms with E-state index >= 15 is 0 Å². The summed E-state index contributed by atoms with van der Waals surface area (Å²) < 4.78 is 2.04. The van der Waals surface area contributed by atoms with Gasteiger partial charge in [0, 0.05) is 5.54 Å². The van der Waals surface area contributed by atoms with Gasteiger partial charge < -0.3 is 9.65 Å². The normalized spacial score (nSPS) is 12.0. The molecule has 2 heterocycles. The Hall–Kier alpha value is -1.22. The second-order valence-corrected chi connectivity index (χ2v) is 4.61. The summed E-state index contributed by atoms with van der Waals surface area (Å²) in [5, 5.41) is 2.92. The average Bonchev–Trinajstić information content (AvgIpc) is 2.59. The van der Waals surface area contributed by atoms with E-state index in [1.54, 1.807) is 12.7 Å². The number of rotatable bonds is 1. The predicted octanol–water partition coefficient (Wildman–Crippen LogP) is 1.78. The van der Waals surface area contributed by atoms with Crippen molar-refractivity contribution in [3.05, 3.63) is 12.7 Å². The molecule has 1 unspecified atom stereocenters. The molecule has 0 aromatic carbocycles. The number of aromatic nitrogens is 4. The topological polar surface area (TPSA) is 55.6 Å². The third kappa shape index (κ3) is 1.67. The molecular weight excluding hydrogens is 209 g/mol. The van der Waals surface area contributed by atoms with Crippen LogP contribution in [-0.4, -0.2) is 19.5 Å². The monoisotopic (exact) mass is 223 g/mol. The number of fused-ring (bicyclic) bond motifs is 1. The lowest BCUT2D eigenvalue weighted by molar-refractivity contribution is 0.406. The molecule has 0 bridgehead atoms. The van der Waals surface area contributed by atoms with Crippen LogP contribution in [0.2, 0.25) is 0 Å². The van der Waals surface area contributed by atoms with E-state index in [0.29, 0.717) is 0 Å². The van der Waals surface area contributed by atoms with Gasteiger partial charge in [-0.3, -0.25) is 0 Å². The highest BCUT2D eigenvalue weighted by Crippen LogP contribution is 2.23. The van der Waals surface area contributed by atoms with Crippen molar-refractivity contribution in [2.75, 3.05) is 5.09 Å². The third-order valence-corrected chi connectivity index (χ3v) is 2.47. The van der Waals surface area contributed by atoms with Gasteiger partial charge in [0.2, 0.25) is 0 Å². The number of imidazole rings is 1. The van der Waals surface area contributed by atoms with Crippen LogP contribution >= 0.6 is 9.39 Å². The Morgan fingerprint density at radius 3 is 2.60 bits per heavy atom. The lowest BCUT2D eigenvalue weighted by Gasteiger charge is -2.20. The Bertz CT molecular complexity index is 485. The summed E-state index contributed by atoms with van der Waals surface area (Å²) in [4.78, 5) is 12.7. The molecule has 2 aromatic heterocycles. The predicted molar refractivity (Wildman–Crippen MR) is 63.7 cm³/mol. The van der Waals surface area contributed by atoms with E-state index in [1.165, 1.54) is 0 Å². The molecule has 1 N–H and O–H groups in total. The average molecular weight is 223 g/mol. The zero-order chi connectivity index (χ0) is 11.1. The molecule has 15 heavy (non-hydrogen) atoms. The number of anilines is 1. The summed E-state index contributed by atoms with van der Waals surface area (Å²) in [6.07, 6.45) is 3.34. The van der Waals surface area contributed by atoms with E-state index in [2.05, 4.69) is 50.2 Å². The molecule has 0 fully saturated rings. The van der Waals surface area contributed by atoms with Crippen molar-refractivity contribution in [2.45, 2.75) is 26.3 Å². The fourth-order valence-corrected chi connectivity index (χ4v) is 1.64. The van der Waals surface area contributed by atoms with Crippen molar-refractivity contribution in [3.8, 4) is 0 Å². The zero-order valence-corrected chi connectivity index (χ0v) is 10.2. The second-order valence-electron chi connectivity index (χ2n) is 4.32. The van der Waals surface area contributed by atoms with Gasteiger partial charge in [0.1, 0.15) is 6.33 Å². The quantitative estimate of drug-likeness (QED) is 0.749. The van der Waals surface area contributed by atoms with E-state index in [9.17, 15) is 0 Å². The van der Waals surface area contributed by atoms with Gasteiger partial charge >= 0.3 is 0 Å². The Morgan fingerprint density at radius 2 is 2.00 bits per heavy atom. The molecule has 0 aliphatic rings. The molecular formula is C9H14N5P. The summed E-state index contributed by atoms with van der Waals surface area (Å²) in [5.74, 6) is 0.730. The van der Waals surface area contributed by atoms with Crippen molar-refractivity contribution in [3.63, 3.8) is 0 Å². The molecule has 0 radical (unpaired) electrons. The van der Waals surface area contributed by atoms with Crippen LogP contribution in [0.4, 0.5) is 5.82 Å². The lowest BCUT2D eigenvalue weighted by Crippen LogP contribution is -2.21. The standard InChI is InChI=1S/C9H14N5P/c1-9(2,3)14-5-12-6-7(13-15)10-4-11-8(6)14/h4-5H,15H2,1-3H3,(H,10,11,13). The highest BCUT2D eigenvalue weighted by atomic mass is 31.0. The highest BCUT2D eigenvalue weighted by molar-refractivity contribution is 7.18. The van der Waals surface area contributed by atoms with E-state index in [4.69, 9.17) is 0 Å². The summed E-state index contributed by atoms with van der Waals surface area (Å²) in [6.45, 7) is 6.35. The first-order chi connectivity index (χ1) is 7.04. The second kappa shape index (κ2) is 3.42. The molecule has 0 amide bonds. The number of nitrogens with one attached hydrogen (secondary N) is 1. The van der Waals surface area contributed by atoms with Gasteiger partial charge in [-0.05, 0) is 30.2 Å². The van der Waals surface area contributed by atoms with E-state index in [0.717, 1.165) is 17.0 Å². The maximum atomic E-state index is 4.32. The summed E-state index contributed by atoms with van der Waals surface area (Å²) >= 11 is 0. The zero-order valence-electron chi connectivity index (χ0n) is 9.02. The summed E-state index contributed by atoms with van der Waals surface area (Å²) in [7, 11) is 2.42. The van der Waals surface area contributed by atoms with Crippen LogP contribution in [0, 0.1) is 0 Å². The van der Waals surface area contributed by atoms with Crippen LogP contribution < -0.4 is 5.09 Å². The van der Waals surface area contributed by atoms with Crippen LogP contribution in [0.3, 0.4) is 0 Å². The Labute approximate surface area is 90.6 Å². The van der Waals surface area contributed by atoms with Crippen LogP contribution in [0.25, 0.3) is 11.2 Å². The number of nitrogens with zero attached hydrogens (tertiary/aromatic N) is 4. The van der Waals surface area contributed by atoms with Gasteiger partial charge in [-0.15, -0.1) is 0 Å². The molecule has 6 heteroatoms. The largest absolute Gasteiger partial charge is 0.353 e. The van der Waals surface area contributed by atoms with Gasteiger partial charge in [0.05, 0.1) is 6.33 Å². The minimum Gasteiger partial charge on any atom is -0.353 e. The Balaban J connectivity index is 2.72. The van der Waals surface area contributed by atoms with Crippen LogP contribution in [0.15, 0.2) is 12.7 Å². The van der Waals surface area contributed by atoms with E-state index < -0.39 is 0 Å². The molecule has 0 saturated heterocycles. The molecule has 1 atom stereocenters. The van der Waals surface area contributed by atoms with Crippen molar-refractivity contribution >= 4 is 26.4 Å². The molecule has 0 aliphatic heterocycles. The minimum atomic E-state index is -0.0265. The maximum absolute atomic E-state index is 4.32. The van der Waals surface area contributed by atoms with Crippen LogP contribution in [0.1, 0.15) is 20.8 Å². The maximum Gasteiger partial charge on any atom is 0.165 e. The van der Waals surface area contributed by atoms with Crippen molar-refractivity contribution in [1.82, 2.24) is 19.5 Å². The van der Waals surface area contributed by atoms with Gasteiger partial charge in [-0.25, -0.2) is 15.0 Å². The number of hydrogen-bond donors (Lipinski definition) is 1. The lowest BCUT2D eigenvalue weighted by atomic mass is 10.1. The van der Waals surface area contributed by atoms with Gasteiger partial charge in [0.25, 0.3) is 0 Å². The number of hydrogen-bond acceptors (Lipinski definition) is 4. The molecule has 2 rings (SSSR count). The fraction of sp³-hybridized carbons (Fsp3) is 0.444. The van der Waals surface area contributed by atoms with Crippen LogP contribution in [0.5, 0.6) is 0 Å². The van der Waals surface area contributed by atoms with Crippen molar-refractivity contribution < 1.29 is 0 Å². The van der Waals surface area contributed by atoms with Gasteiger partial charge in [-0.2, -0.15) is 0 Å². The minimum absolute atomic E-state index is 0.0265. The molecule has 0 saturated carbocycles. The van der Waals surface area contributed by atoms with Gasteiger partial charge in [-0.1, -0.05) is 0 Å². The Kier molecular flexibility index (Phi) is 2.35. The third-order valence-electron chi connectivity index (χ3n) is 2.19. The first-order valence-corrected chi connectivity index (χ1v) is 5.27. The van der Waals surface area contributed by atoms with Crippen molar-refractivity contribution in [2.24, 2.45) is 0 Å². The van der Waals surface area contributed by atoms with E-state index in [1.807, 2.05) is 4.57 Å². The summed E-state index contributed by atoms with van der Waals surface area (Å²) in [5.41, 5.74) is 1.62. The molecule has 5 nitrogen and oxygen atoms in total. The van der Waals surface area contributed by atoms with Gasteiger partial charge in [0.15, 0.2) is 17.0 Å². The fourth-order valence-electron chi connectivity index (χ4n) is 1.43. The SMILES string of the molecule is CC(C)(C)n1cnc2c(NP)ncnc21. The Morgan fingerprint density at radius 1 is 1.27 bits per heavy atom. The van der Waals surface area contributed by atoms with E-state index in [-0.39, 0.29) is 5.54 Å². The summed E-state index contributed by atoms with van der Waals surface area (Å²) in [6, 6.07) is 0. The van der Waals surface area contributed by atoms with Crippen LogP contribution in [-0.2, 0) is 5.54 Å². The van der Waals surface area contributed by atoms with Crippen molar-refractivity contribution in [1.29, 1.82) is 0 Å². The molecule has 0 aliphatic carbocycles. The highest BCUT2D eigenvalue weighted by Gasteiger charge is 2.18. The smallest absolute Gasteiger partial charge is 0.165 e. The molecule has 0 spiro atoms. The first-order valence-electron chi connectivity index (χ1n) is 4.69. The molecule has 2 aromatic rings. The molecule has 80 valence electrons. The first kappa shape index (κ1) is 10.3.